The van der Waals surface area contributed by atoms with E-state index >= 15 is 0 Å². The number of rotatable bonds is 0. The van der Waals surface area contributed by atoms with Gasteiger partial charge >= 0.3 is 0 Å². The van der Waals surface area contributed by atoms with E-state index in [1.165, 1.54) is 0 Å². The molecule has 0 fully saturated rings. The second kappa shape index (κ2) is 2.24. The van der Waals surface area contributed by atoms with E-state index in [0.29, 0.717) is 0 Å². The maximum Gasteiger partial charge on any atom is 0.199 e. The zero-order valence-corrected chi connectivity index (χ0v) is 5.92. The number of hydrogen-bond acceptors (Lipinski definition) is 5. The summed E-state index contributed by atoms with van der Waals surface area (Å²) in [7, 11) is 0. The molecule has 0 spiro atoms. The fourth-order valence-electron chi connectivity index (χ4n) is 0.380. The minimum absolute atomic E-state index is 0.177. The van der Waals surface area contributed by atoms with E-state index in [1.807, 2.05) is 0 Å². The maximum atomic E-state index is 5.22. The molecule has 0 aliphatic heterocycles. The van der Waals surface area contributed by atoms with Crippen LogP contribution in [0.25, 0.3) is 0 Å². The third-order valence-electron chi connectivity index (χ3n) is 0.648. The first-order valence-electron chi connectivity index (χ1n) is 2.09. The van der Waals surface area contributed by atoms with Crippen LogP contribution in [-0.4, -0.2) is 15.0 Å². The summed E-state index contributed by atoms with van der Waals surface area (Å²) in [5.74, 6) is 0.208. The third kappa shape index (κ3) is 1.58. The number of nitrogens with one attached hydrogen (secondary N) is 1. The van der Waals surface area contributed by atoms with Crippen molar-refractivity contribution in [3.63, 3.8) is 0 Å². The lowest BCUT2D eigenvalue weighted by Crippen LogP contribution is -1.98. The molecule has 0 aliphatic carbocycles. The fourth-order valence-corrected chi connectivity index (χ4v) is 0.819. The van der Waals surface area contributed by atoms with Crippen molar-refractivity contribution in [2.75, 3.05) is 5.73 Å². The molecule has 48 valence electrons. The first-order valence-corrected chi connectivity index (χ1v) is 2.91. The highest BCUT2D eigenvalue weighted by molar-refractivity contribution is 7.71. The zero-order valence-electron chi connectivity index (χ0n) is 4.29. The number of nitrogens with zero attached hydrogens (tertiary/aromatic N) is 2. The van der Waals surface area contributed by atoms with E-state index in [9.17, 15) is 0 Å². The molecule has 6 heteroatoms. The highest BCUT2D eigenvalue weighted by Crippen LogP contribution is 1.90. The van der Waals surface area contributed by atoms with Crippen LogP contribution in [0.3, 0.4) is 0 Å². The van der Waals surface area contributed by atoms with Gasteiger partial charge in [0.05, 0.1) is 0 Å². The Labute approximate surface area is 61.9 Å². The molecule has 1 aromatic heterocycles. The van der Waals surface area contributed by atoms with Gasteiger partial charge < -0.3 is 23.3 Å². The van der Waals surface area contributed by atoms with Gasteiger partial charge in [-0.1, -0.05) is 0 Å². The number of aromatic nitrogens is 3. The topological polar surface area (TPSA) is 67.6 Å². The quantitative estimate of drug-likeness (QED) is 0.412. The van der Waals surface area contributed by atoms with Gasteiger partial charge in [-0.05, 0) is 12.2 Å². The highest BCUT2D eigenvalue weighted by Gasteiger charge is 1.82. The van der Waals surface area contributed by atoms with E-state index in [-0.39, 0.29) is 15.9 Å². The molecule has 9 heavy (non-hydrogen) atoms. The molecule has 0 unspecified atom stereocenters. The second-order valence-corrected chi connectivity index (χ2v) is 2.07. The van der Waals surface area contributed by atoms with Crippen molar-refractivity contribution >= 4 is 30.8 Å². The number of nitrogen functional groups attached to an aromatic ring is 1. The van der Waals surface area contributed by atoms with Crippen LogP contribution in [0.5, 0.6) is 0 Å². The minimum Gasteiger partial charge on any atom is -0.740 e. The summed E-state index contributed by atoms with van der Waals surface area (Å²) in [6.45, 7) is 0. The Bertz CT molecular complexity index is 244. The van der Waals surface area contributed by atoms with Crippen LogP contribution in [0.2, 0.25) is 0 Å². The van der Waals surface area contributed by atoms with Crippen molar-refractivity contribution in [3.8, 4) is 0 Å². The summed E-state index contributed by atoms with van der Waals surface area (Å²) in [5.41, 5.74) is 5.22. The molecule has 0 radical (unpaired) electrons. The molecule has 0 aromatic carbocycles. The van der Waals surface area contributed by atoms with Gasteiger partial charge in [0, 0.05) is 5.16 Å². The van der Waals surface area contributed by atoms with Crippen LogP contribution in [0.15, 0.2) is 5.16 Å². The lowest BCUT2D eigenvalue weighted by Gasteiger charge is -2.00. The normalized spacial score (nSPS) is 9.33. The van der Waals surface area contributed by atoms with E-state index in [4.69, 9.17) is 5.73 Å². The van der Waals surface area contributed by atoms with Gasteiger partial charge in [-0.25, -0.2) is 9.97 Å². The number of nitrogens with two attached hydrogens (primary N) is 1. The molecule has 0 amide bonds. The zero-order chi connectivity index (χ0) is 6.85. The lowest BCUT2D eigenvalue weighted by atomic mass is 11.0. The minimum atomic E-state index is 0.177. The van der Waals surface area contributed by atoms with Gasteiger partial charge in [0.15, 0.2) is 10.7 Å². The molecular weight excluding hydrogens is 156 g/mol. The maximum absolute atomic E-state index is 5.22. The van der Waals surface area contributed by atoms with E-state index in [1.54, 1.807) is 0 Å². The Morgan fingerprint density at radius 2 is 2.22 bits per heavy atom. The molecule has 0 aliphatic rings. The van der Waals surface area contributed by atoms with Crippen molar-refractivity contribution in [3.05, 3.63) is 4.77 Å². The van der Waals surface area contributed by atoms with Crippen molar-refractivity contribution in [1.29, 1.82) is 0 Å². The first kappa shape index (κ1) is 6.37. The first-order chi connectivity index (χ1) is 4.18. The summed E-state index contributed by atoms with van der Waals surface area (Å²) < 4.78 is 0.271. The van der Waals surface area contributed by atoms with Crippen molar-refractivity contribution in [2.45, 2.75) is 5.16 Å². The van der Waals surface area contributed by atoms with Crippen LogP contribution in [-0.2, 0) is 12.6 Å². The fraction of sp³-hybridized carbons (Fsp3) is 0. The molecule has 1 heterocycles. The molecule has 0 saturated heterocycles. The number of H-pyrrole nitrogens is 1. The largest absolute Gasteiger partial charge is 0.740 e. The van der Waals surface area contributed by atoms with Gasteiger partial charge in [0.2, 0.25) is 0 Å². The molecule has 1 aromatic rings. The van der Waals surface area contributed by atoms with Gasteiger partial charge in [0.1, 0.15) is 0 Å². The molecule has 0 bridgehead atoms. The molecule has 0 saturated carbocycles. The van der Waals surface area contributed by atoms with Crippen LogP contribution in [0.1, 0.15) is 0 Å². The monoisotopic (exact) mass is 159 g/mol. The average Bonchev–Trinajstić information content (AvgIpc) is 1.59. The Kier molecular flexibility index (Phi) is 1.58. The Morgan fingerprint density at radius 3 is 2.67 bits per heavy atom. The van der Waals surface area contributed by atoms with Crippen LogP contribution in [0, 0.1) is 4.77 Å². The predicted octanol–water partition coefficient (Wildman–Crippen LogP) is 0.0222. The second-order valence-electron chi connectivity index (χ2n) is 1.32. The smallest absolute Gasteiger partial charge is 0.199 e. The van der Waals surface area contributed by atoms with Gasteiger partial charge in [-0.2, -0.15) is 0 Å². The van der Waals surface area contributed by atoms with Crippen LogP contribution in [0.4, 0.5) is 5.95 Å². The number of hydrogen-bond donors (Lipinski definition) is 2. The summed E-state index contributed by atoms with van der Waals surface area (Å²) in [5, 5.41) is 0.177. The van der Waals surface area contributed by atoms with Crippen molar-refractivity contribution < 1.29 is 0 Å². The summed E-state index contributed by atoms with van der Waals surface area (Å²) >= 11 is 9.23. The SMILES string of the molecule is Nc1nc([S-])nc(=S)[nH]1. The highest BCUT2D eigenvalue weighted by atomic mass is 32.1. The standard InChI is InChI=1S/C3H4N4S2/c4-1-5-2(8)7-3(9)6-1/h(H4,4,5,6,7,8,9)/p-1. The number of anilines is 1. The van der Waals surface area contributed by atoms with Crippen molar-refractivity contribution in [2.24, 2.45) is 0 Å². The third-order valence-corrected chi connectivity index (χ3v) is 1.02. The molecule has 0 atom stereocenters. The molecule has 1 rings (SSSR count). The Morgan fingerprint density at radius 1 is 1.56 bits per heavy atom. The van der Waals surface area contributed by atoms with E-state index < -0.39 is 0 Å². The van der Waals surface area contributed by atoms with Crippen LogP contribution >= 0.6 is 12.2 Å². The Balaban J connectivity index is 3.33. The number of aromatic amines is 1. The molecular formula is C3H3N4S2-. The summed E-state index contributed by atoms with van der Waals surface area (Å²) in [4.78, 5) is 9.73. The van der Waals surface area contributed by atoms with Gasteiger partial charge in [-0.15, -0.1) is 0 Å². The van der Waals surface area contributed by atoms with Gasteiger partial charge in [0.25, 0.3) is 0 Å². The van der Waals surface area contributed by atoms with Crippen molar-refractivity contribution in [1.82, 2.24) is 15.0 Å². The van der Waals surface area contributed by atoms with E-state index in [2.05, 4.69) is 39.8 Å². The Hall–Kier alpha value is -0.750. The predicted molar refractivity (Wildman–Crippen MR) is 37.3 cm³/mol. The lowest BCUT2D eigenvalue weighted by molar-refractivity contribution is 0.905. The average molecular weight is 159 g/mol. The summed E-state index contributed by atoms with van der Waals surface area (Å²) in [6, 6.07) is 0. The van der Waals surface area contributed by atoms with Gasteiger partial charge in [-0.3, -0.25) is 0 Å². The molecule has 4 nitrogen and oxygen atoms in total. The van der Waals surface area contributed by atoms with Crippen LogP contribution < -0.4 is 5.73 Å². The van der Waals surface area contributed by atoms with E-state index in [0.717, 1.165) is 0 Å². The molecule has 3 N–H and O–H groups in total. The summed E-state index contributed by atoms with van der Waals surface area (Å²) in [6.07, 6.45) is 0.